The van der Waals surface area contributed by atoms with Crippen molar-refractivity contribution in [3.63, 3.8) is 0 Å². The lowest BCUT2D eigenvalue weighted by Gasteiger charge is -2.16. The van der Waals surface area contributed by atoms with E-state index in [1.165, 1.54) is 0 Å². The third-order valence-electron chi connectivity index (χ3n) is 2.93. The highest BCUT2D eigenvalue weighted by Gasteiger charge is 2.07. The second-order valence-corrected chi connectivity index (χ2v) is 7.01. The van der Waals surface area contributed by atoms with Crippen LogP contribution in [0.4, 0.5) is 5.13 Å². The predicted molar refractivity (Wildman–Crippen MR) is 101 cm³/mol. The molecule has 138 valence electrons. The van der Waals surface area contributed by atoms with Crippen LogP contribution in [0, 0.1) is 5.92 Å². The molecule has 1 atom stereocenters. The maximum atomic E-state index is 9.94. The number of anilines is 1. The molecule has 0 fully saturated rings. The number of rotatable bonds is 10. The van der Waals surface area contributed by atoms with Crippen molar-refractivity contribution < 1.29 is 9.84 Å². The predicted octanol–water partition coefficient (Wildman–Crippen LogP) is 1.30. The molecule has 1 rings (SSSR count). The van der Waals surface area contributed by atoms with E-state index in [4.69, 9.17) is 4.74 Å². The van der Waals surface area contributed by atoms with Crippen molar-refractivity contribution in [1.29, 1.82) is 0 Å². The van der Waals surface area contributed by atoms with Crippen LogP contribution >= 0.6 is 11.3 Å². The van der Waals surface area contributed by atoms with E-state index >= 15 is 0 Å². The zero-order valence-electron chi connectivity index (χ0n) is 15.4. The van der Waals surface area contributed by atoms with E-state index in [2.05, 4.69) is 34.5 Å². The zero-order chi connectivity index (χ0) is 17.9. The van der Waals surface area contributed by atoms with Crippen LogP contribution in [0.5, 0.6) is 0 Å². The fourth-order valence-corrected chi connectivity index (χ4v) is 2.54. The third-order valence-corrected chi connectivity index (χ3v) is 3.99. The molecule has 1 aromatic heterocycles. The van der Waals surface area contributed by atoms with Crippen LogP contribution in [0.25, 0.3) is 0 Å². The average molecular weight is 358 g/mol. The number of guanidine groups is 1. The molecular weight excluding hydrogens is 326 g/mol. The maximum Gasteiger partial charge on any atom is 0.191 e. The number of aliphatic imine (C=N–C) groups is 1. The van der Waals surface area contributed by atoms with Crippen LogP contribution in [0.2, 0.25) is 0 Å². The molecule has 0 aliphatic rings. The minimum atomic E-state index is -0.563. The molecule has 0 aliphatic carbocycles. The summed E-state index contributed by atoms with van der Waals surface area (Å²) >= 11 is 1.60. The van der Waals surface area contributed by atoms with Gasteiger partial charge in [-0.1, -0.05) is 13.8 Å². The van der Waals surface area contributed by atoms with Crippen LogP contribution in [0.15, 0.2) is 10.4 Å². The summed E-state index contributed by atoms with van der Waals surface area (Å²) in [6.45, 7) is 8.80. The first-order valence-corrected chi connectivity index (χ1v) is 9.20. The number of nitrogens with one attached hydrogen (secondary N) is 2. The highest BCUT2D eigenvalue weighted by atomic mass is 32.1. The Labute approximate surface area is 149 Å². The topological polar surface area (TPSA) is 82.0 Å². The fourth-order valence-electron chi connectivity index (χ4n) is 1.79. The summed E-state index contributed by atoms with van der Waals surface area (Å²) in [5.41, 5.74) is 0.932. The van der Waals surface area contributed by atoms with Gasteiger partial charge in [-0.25, -0.2) is 9.98 Å². The van der Waals surface area contributed by atoms with Crippen LogP contribution in [-0.4, -0.2) is 62.6 Å². The number of nitrogens with zero attached hydrogens (tertiary/aromatic N) is 3. The molecule has 8 heteroatoms. The van der Waals surface area contributed by atoms with E-state index in [0.29, 0.717) is 38.2 Å². The number of aliphatic hydroxyl groups excluding tert-OH is 1. The summed E-state index contributed by atoms with van der Waals surface area (Å²) in [5, 5.41) is 19.2. The van der Waals surface area contributed by atoms with Gasteiger partial charge in [0, 0.05) is 39.2 Å². The minimum Gasteiger partial charge on any atom is -0.389 e. The van der Waals surface area contributed by atoms with Gasteiger partial charge in [-0.2, -0.15) is 0 Å². The Morgan fingerprint density at radius 3 is 2.71 bits per heavy atom. The number of hydrogen-bond donors (Lipinski definition) is 3. The Morgan fingerprint density at radius 2 is 2.12 bits per heavy atom. The first-order valence-electron chi connectivity index (χ1n) is 8.32. The van der Waals surface area contributed by atoms with E-state index < -0.39 is 6.10 Å². The van der Waals surface area contributed by atoms with Gasteiger partial charge in [-0.15, -0.1) is 11.3 Å². The zero-order valence-corrected chi connectivity index (χ0v) is 16.2. The molecule has 0 saturated heterocycles. The standard InChI is InChI=1S/C16H31N5O2S/c1-6-17-15(19-8-14(22)10-23-9-12(2)3)18-7-13-11-24-16(20-13)21(4)5/h11-12,14,22H,6-10H2,1-5H3,(H2,17,18,19). The van der Waals surface area contributed by atoms with E-state index in [0.717, 1.165) is 17.4 Å². The van der Waals surface area contributed by atoms with Gasteiger partial charge in [0.2, 0.25) is 0 Å². The normalized spacial score (nSPS) is 13.2. The molecule has 1 heterocycles. The third kappa shape index (κ3) is 8.47. The number of aliphatic hydroxyl groups is 1. The Balaban J connectivity index is 2.44. The van der Waals surface area contributed by atoms with E-state index in [1.54, 1.807) is 11.3 Å². The van der Waals surface area contributed by atoms with Crippen LogP contribution in [0.1, 0.15) is 26.5 Å². The van der Waals surface area contributed by atoms with Crippen molar-refractivity contribution in [3.8, 4) is 0 Å². The van der Waals surface area contributed by atoms with Crippen LogP contribution < -0.4 is 15.5 Å². The Morgan fingerprint density at radius 1 is 1.38 bits per heavy atom. The molecule has 0 saturated carbocycles. The highest BCUT2D eigenvalue weighted by Crippen LogP contribution is 2.18. The molecule has 3 N–H and O–H groups in total. The summed E-state index contributed by atoms with van der Waals surface area (Å²) in [7, 11) is 3.94. The molecule has 0 aromatic carbocycles. The van der Waals surface area contributed by atoms with E-state index in [-0.39, 0.29) is 0 Å². The Kier molecular flexibility index (Phi) is 9.66. The first-order chi connectivity index (χ1) is 11.4. The molecular formula is C16H31N5O2S. The molecule has 0 bridgehead atoms. The van der Waals surface area contributed by atoms with Crippen molar-refractivity contribution in [2.45, 2.75) is 33.4 Å². The van der Waals surface area contributed by atoms with Crippen LogP contribution in [-0.2, 0) is 11.3 Å². The molecule has 7 nitrogen and oxygen atoms in total. The van der Waals surface area contributed by atoms with E-state index in [1.807, 2.05) is 31.3 Å². The highest BCUT2D eigenvalue weighted by molar-refractivity contribution is 7.13. The largest absolute Gasteiger partial charge is 0.389 e. The molecule has 0 amide bonds. The SMILES string of the molecule is CCNC(=NCc1csc(N(C)C)n1)NCC(O)COCC(C)C. The van der Waals surface area contributed by atoms with Crippen molar-refractivity contribution in [2.24, 2.45) is 10.9 Å². The summed E-state index contributed by atoms with van der Waals surface area (Å²) in [6, 6.07) is 0. The molecule has 0 spiro atoms. The molecule has 1 unspecified atom stereocenters. The van der Waals surface area contributed by atoms with E-state index in [9.17, 15) is 5.11 Å². The van der Waals surface area contributed by atoms with Crippen molar-refractivity contribution in [3.05, 3.63) is 11.1 Å². The molecule has 1 aromatic rings. The minimum absolute atomic E-state index is 0.322. The lowest BCUT2D eigenvalue weighted by Crippen LogP contribution is -2.42. The monoisotopic (exact) mass is 357 g/mol. The molecule has 24 heavy (non-hydrogen) atoms. The van der Waals surface area contributed by atoms with Crippen LogP contribution in [0.3, 0.4) is 0 Å². The fraction of sp³-hybridized carbons (Fsp3) is 0.750. The van der Waals surface area contributed by atoms with Crippen molar-refractivity contribution >= 4 is 22.4 Å². The average Bonchev–Trinajstić information content (AvgIpc) is 2.99. The summed E-state index contributed by atoms with van der Waals surface area (Å²) in [6.07, 6.45) is -0.563. The maximum absolute atomic E-state index is 9.94. The molecule has 0 radical (unpaired) electrons. The second kappa shape index (κ2) is 11.2. The lowest BCUT2D eigenvalue weighted by molar-refractivity contribution is 0.0280. The first kappa shape index (κ1) is 20.7. The summed E-state index contributed by atoms with van der Waals surface area (Å²) < 4.78 is 5.44. The number of aromatic nitrogens is 1. The van der Waals surface area contributed by atoms with Gasteiger partial charge in [0.1, 0.15) is 0 Å². The van der Waals surface area contributed by atoms with Gasteiger partial charge in [0.25, 0.3) is 0 Å². The van der Waals surface area contributed by atoms with Gasteiger partial charge < -0.3 is 25.4 Å². The van der Waals surface area contributed by atoms with Gasteiger partial charge in [-0.3, -0.25) is 0 Å². The summed E-state index contributed by atoms with van der Waals surface area (Å²) in [5.74, 6) is 1.13. The van der Waals surface area contributed by atoms with Gasteiger partial charge >= 0.3 is 0 Å². The Bertz CT molecular complexity index is 491. The summed E-state index contributed by atoms with van der Waals surface area (Å²) in [4.78, 5) is 11.0. The van der Waals surface area contributed by atoms with Gasteiger partial charge in [-0.05, 0) is 12.8 Å². The lowest BCUT2D eigenvalue weighted by atomic mass is 10.2. The number of hydrogen-bond acceptors (Lipinski definition) is 6. The number of ether oxygens (including phenoxy) is 1. The quantitative estimate of drug-likeness (QED) is 0.432. The number of thiazole rings is 1. The van der Waals surface area contributed by atoms with Crippen molar-refractivity contribution in [2.75, 3.05) is 45.3 Å². The smallest absolute Gasteiger partial charge is 0.191 e. The molecule has 0 aliphatic heterocycles. The Hall–Kier alpha value is -1.38. The second-order valence-electron chi connectivity index (χ2n) is 6.18. The van der Waals surface area contributed by atoms with Gasteiger partial charge in [0.05, 0.1) is 24.9 Å². The van der Waals surface area contributed by atoms with Crippen molar-refractivity contribution in [1.82, 2.24) is 15.6 Å². The van der Waals surface area contributed by atoms with Gasteiger partial charge in [0.15, 0.2) is 11.1 Å².